The fourth-order valence-corrected chi connectivity index (χ4v) is 10.7. The molecule has 1 aromatic heterocycles. The van der Waals surface area contributed by atoms with Gasteiger partial charge in [0.1, 0.15) is 16.9 Å². The summed E-state index contributed by atoms with van der Waals surface area (Å²) < 4.78 is 26.3. The molecule has 6 atom stereocenters. The molecular weight excluding hydrogens is 813 g/mol. The van der Waals surface area contributed by atoms with Crippen molar-refractivity contribution in [3.63, 3.8) is 0 Å². The van der Waals surface area contributed by atoms with Crippen LogP contribution in [0.4, 0.5) is 0 Å². The molecule has 1 fully saturated rings. The van der Waals surface area contributed by atoms with Gasteiger partial charge in [-0.2, -0.15) is 0 Å². The highest BCUT2D eigenvalue weighted by atomic mass is 16.6. The number of esters is 2. The van der Waals surface area contributed by atoms with Gasteiger partial charge < -0.3 is 23.7 Å². The Morgan fingerprint density at radius 1 is 0.754 bits per heavy atom. The topological polar surface area (TPSA) is 112 Å². The molecule has 1 N–H and O–H groups in total. The molecule has 0 saturated heterocycles. The minimum atomic E-state index is -1.20. The van der Waals surface area contributed by atoms with Crippen molar-refractivity contribution in [2.45, 2.75) is 121 Å². The van der Waals surface area contributed by atoms with Crippen molar-refractivity contribution in [3.05, 3.63) is 193 Å². The first kappa shape index (κ1) is 44.0. The second-order valence-electron chi connectivity index (χ2n) is 18.8. The number of allylic oxidation sites excluding steroid dienone is 1. The van der Waals surface area contributed by atoms with E-state index < -0.39 is 42.0 Å². The van der Waals surface area contributed by atoms with Gasteiger partial charge in [0.2, 0.25) is 0 Å². The molecule has 10 rings (SSSR count). The first-order valence-electron chi connectivity index (χ1n) is 23.3. The molecular formula is C57H58O8. The van der Waals surface area contributed by atoms with Crippen LogP contribution in [-0.4, -0.2) is 28.8 Å². The van der Waals surface area contributed by atoms with Gasteiger partial charge >= 0.3 is 17.6 Å². The van der Waals surface area contributed by atoms with Crippen LogP contribution in [0.2, 0.25) is 0 Å². The Bertz CT molecular complexity index is 2750. The number of fused-ring (bicyclic) bond motifs is 11. The van der Waals surface area contributed by atoms with Gasteiger partial charge in [0.15, 0.2) is 12.2 Å². The third-order valence-electron chi connectivity index (χ3n) is 14.2. The van der Waals surface area contributed by atoms with Crippen LogP contribution in [0, 0.1) is 5.92 Å². The zero-order valence-electron chi connectivity index (χ0n) is 37.6. The smallest absolute Gasteiger partial charge is 0.336 e. The van der Waals surface area contributed by atoms with Gasteiger partial charge in [-0.25, -0.2) is 9.59 Å². The highest BCUT2D eigenvalue weighted by molar-refractivity contribution is 5.90. The summed E-state index contributed by atoms with van der Waals surface area (Å²) in [6, 6.07) is 43.1. The van der Waals surface area contributed by atoms with Gasteiger partial charge in [-0.3, -0.25) is 4.79 Å². The van der Waals surface area contributed by atoms with Crippen molar-refractivity contribution in [2.24, 2.45) is 5.92 Å². The number of carbonyl (C=O) groups excluding carboxylic acids is 2. The highest BCUT2D eigenvalue weighted by Gasteiger charge is 2.53. The predicted molar refractivity (Wildman–Crippen MR) is 252 cm³/mol. The van der Waals surface area contributed by atoms with E-state index in [0.29, 0.717) is 53.5 Å². The molecule has 4 heterocycles. The number of carbonyl (C=O) groups is 2. The molecule has 1 aliphatic carbocycles. The Morgan fingerprint density at radius 3 is 2.23 bits per heavy atom. The molecule has 0 radical (unpaired) electrons. The Balaban J connectivity index is 1.12. The van der Waals surface area contributed by atoms with E-state index in [1.54, 1.807) is 12.1 Å². The number of ether oxygens (including phenoxy) is 3. The minimum absolute atomic E-state index is 0.0564. The van der Waals surface area contributed by atoms with E-state index in [-0.39, 0.29) is 29.8 Å². The van der Waals surface area contributed by atoms with Gasteiger partial charge in [-0.15, -0.1) is 0 Å². The van der Waals surface area contributed by atoms with E-state index in [9.17, 15) is 19.5 Å². The maximum atomic E-state index is 15.0. The molecule has 0 amide bonds. The van der Waals surface area contributed by atoms with Crippen LogP contribution in [0.1, 0.15) is 128 Å². The third kappa shape index (κ3) is 9.60. The molecule has 2 bridgehead atoms. The fourth-order valence-electron chi connectivity index (χ4n) is 10.7. The van der Waals surface area contributed by atoms with Crippen molar-refractivity contribution < 1.29 is 33.3 Å². The van der Waals surface area contributed by atoms with Crippen molar-refractivity contribution >= 4 is 22.9 Å². The van der Waals surface area contributed by atoms with Crippen molar-refractivity contribution in [2.75, 3.05) is 0 Å². The van der Waals surface area contributed by atoms with Crippen molar-refractivity contribution in [1.29, 1.82) is 0 Å². The van der Waals surface area contributed by atoms with Crippen LogP contribution in [0.3, 0.4) is 0 Å². The molecule has 6 aromatic rings. The van der Waals surface area contributed by atoms with E-state index in [0.717, 1.165) is 48.8 Å². The standard InChI is InChI=1S/C57H58O8/c1-36(2)46-25-21-38-19-22-41(23-20-38)47-26-24-43(42-18-10-16-40(31-42)30-39-14-8-5-9-15-39)32-44(47)33-50(59)63-54-52-49(28-27-48-45(35-58)34-51(60)62-53(48)52)65-57(3,55(54)64-56(46)61)29-11-17-37-12-6-4-7-13-37/h4-10,12-16,18-20,22-23,27-28,31,34,43-44,47,54-55,58H,11,17,21,24-26,29-30,32-33,35H2,1-3H3/t43-,44+,47+,54+,55-,57-/m0/s1. The summed E-state index contributed by atoms with van der Waals surface area (Å²) in [4.78, 5) is 42.8. The Morgan fingerprint density at radius 2 is 1.49 bits per heavy atom. The molecule has 8 heteroatoms. The Labute approximate surface area is 381 Å². The lowest BCUT2D eigenvalue weighted by Gasteiger charge is -2.45. The largest absolute Gasteiger partial charge is 0.483 e. The maximum Gasteiger partial charge on any atom is 0.336 e. The monoisotopic (exact) mass is 870 g/mol. The maximum absolute atomic E-state index is 15.0. The SMILES string of the molecule is CC(C)=C1CCc2ccc(cc2)[C@H]2CC[C@H](c3cccc(Cc4ccccc4)c3)C[C@@H]2CC(=O)O[C@@H]2c3c(ccc4c(CO)cc(=O)oc34)O[C@@](C)(CCCc3ccccc3)[C@H]2OC1=O. The molecule has 1 saturated carbocycles. The summed E-state index contributed by atoms with van der Waals surface area (Å²) in [6.07, 6.45) is 4.32. The Kier molecular flexibility index (Phi) is 12.9. The average molecular weight is 871 g/mol. The fraction of sp³-hybridized carbons (Fsp3) is 0.351. The second-order valence-corrected chi connectivity index (χ2v) is 18.8. The number of rotatable bonds is 8. The summed E-state index contributed by atoms with van der Waals surface area (Å²) in [5.74, 6) is -0.278. The van der Waals surface area contributed by atoms with Gasteiger partial charge in [0.25, 0.3) is 0 Å². The third-order valence-corrected chi connectivity index (χ3v) is 14.2. The predicted octanol–water partition coefficient (Wildman–Crippen LogP) is 11.6. The van der Waals surface area contributed by atoms with Crippen molar-refractivity contribution in [1.82, 2.24) is 0 Å². The molecule has 3 aliphatic heterocycles. The van der Waals surface area contributed by atoms with E-state index in [1.165, 1.54) is 28.3 Å². The van der Waals surface area contributed by atoms with Crippen LogP contribution in [0.25, 0.3) is 11.0 Å². The second kappa shape index (κ2) is 19.1. The van der Waals surface area contributed by atoms with Crippen LogP contribution in [0.5, 0.6) is 5.75 Å². The number of aliphatic hydroxyl groups excluding tert-OH is 1. The molecule has 65 heavy (non-hydrogen) atoms. The number of aliphatic hydroxyl groups is 1. The first-order valence-corrected chi connectivity index (χ1v) is 23.3. The number of aryl methyl sites for hydroxylation is 2. The summed E-state index contributed by atoms with van der Waals surface area (Å²) in [5.41, 5.74) is 7.63. The van der Waals surface area contributed by atoms with Crippen LogP contribution in [0.15, 0.2) is 148 Å². The molecule has 334 valence electrons. The summed E-state index contributed by atoms with van der Waals surface area (Å²) >= 11 is 0. The van der Waals surface area contributed by atoms with Gasteiger partial charge in [-0.05, 0) is 147 Å². The van der Waals surface area contributed by atoms with Gasteiger partial charge in [-0.1, -0.05) is 115 Å². The average Bonchev–Trinajstić information content (AvgIpc) is 3.30. The van der Waals surface area contributed by atoms with E-state index in [1.807, 2.05) is 45.0 Å². The number of benzene rings is 5. The lowest BCUT2D eigenvalue weighted by atomic mass is 9.68. The quantitative estimate of drug-likeness (QED) is 0.0914. The zero-order chi connectivity index (χ0) is 45.1. The summed E-state index contributed by atoms with van der Waals surface area (Å²) in [6.45, 7) is 5.33. The molecule has 4 aliphatic rings. The lowest BCUT2D eigenvalue weighted by molar-refractivity contribution is -0.192. The lowest BCUT2D eigenvalue weighted by Crippen LogP contribution is -2.54. The molecule has 0 unspecified atom stereocenters. The zero-order valence-corrected chi connectivity index (χ0v) is 37.6. The van der Waals surface area contributed by atoms with Crippen molar-refractivity contribution in [3.8, 4) is 5.75 Å². The number of hydrogen-bond acceptors (Lipinski definition) is 8. The summed E-state index contributed by atoms with van der Waals surface area (Å²) in [7, 11) is 0. The Hall–Kier alpha value is -6.25. The normalized spacial score (nSPS) is 23.4. The first-order chi connectivity index (χ1) is 31.5. The van der Waals surface area contributed by atoms with E-state index in [4.69, 9.17) is 18.6 Å². The number of hydrogen-bond donors (Lipinski definition) is 1. The highest BCUT2D eigenvalue weighted by Crippen LogP contribution is 2.51. The molecule has 5 aromatic carbocycles. The summed E-state index contributed by atoms with van der Waals surface area (Å²) in [5, 5.41) is 10.9. The molecule has 8 nitrogen and oxygen atoms in total. The van der Waals surface area contributed by atoms with Gasteiger partial charge in [0.05, 0.1) is 12.2 Å². The minimum Gasteiger partial charge on any atom is -0.483 e. The van der Waals surface area contributed by atoms with Crippen LogP contribution < -0.4 is 10.4 Å². The van der Waals surface area contributed by atoms with Gasteiger partial charge in [0, 0.05) is 23.4 Å². The van der Waals surface area contributed by atoms with E-state index >= 15 is 0 Å². The van der Waals surface area contributed by atoms with E-state index in [2.05, 4.69) is 84.9 Å². The van der Waals surface area contributed by atoms with Crippen LogP contribution in [-0.2, 0) is 44.9 Å². The van der Waals surface area contributed by atoms with Crippen LogP contribution >= 0.6 is 0 Å². The molecule has 0 spiro atoms.